The van der Waals surface area contributed by atoms with Crippen molar-refractivity contribution in [2.24, 2.45) is 5.41 Å². The Morgan fingerprint density at radius 1 is 1.28 bits per heavy atom. The van der Waals surface area contributed by atoms with Gasteiger partial charge >= 0.3 is 0 Å². The molecule has 0 unspecified atom stereocenters. The summed E-state index contributed by atoms with van der Waals surface area (Å²) in [5.74, 6) is -0.102. The summed E-state index contributed by atoms with van der Waals surface area (Å²) in [6.07, 6.45) is 0.662. The van der Waals surface area contributed by atoms with E-state index in [0.29, 0.717) is 6.42 Å². The van der Waals surface area contributed by atoms with Gasteiger partial charge in [-0.2, -0.15) is 0 Å². The number of carbonyl (C=O) groups is 2. The Balaban J connectivity index is 2.68. The molecule has 0 radical (unpaired) electrons. The summed E-state index contributed by atoms with van der Waals surface area (Å²) in [5, 5.41) is 6.00. The van der Waals surface area contributed by atoms with Crippen LogP contribution in [0.2, 0.25) is 0 Å². The van der Waals surface area contributed by atoms with Crippen molar-refractivity contribution in [2.75, 3.05) is 26.2 Å². The van der Waals surface area contributed by atoms with Gasteiger partial charge < -0.3 is 15.5 Å². The number of nitrogens with zero attached hydrogens (tertiary/aromatic N) is 1. The first-order valence-electron chi connectivity index (χ1n) is 6.56. The smallest absolute Gasteiger partial charge is 0.245 e. The van der Waals surface area contributed by atoms with Crippen molar-refractivity contribution in [3.63, 3.8) is 0 Å². The zero-order valence-corrected chi connectivity index (χ0v) is 11.9. The van der Waals surface area contributed by atoms with Crippen molar-refractivity contribution in [3.05, 3.63) is 0 Å². The highest BCUT2D eigenvalue weighted by molar-refractivity contribution is 5.87. The van der Waals surface area contributed by atoms with Crippen LogP contribution in [-0.4, -0.2) is 48.9 Å². The van der Waals surface area contributed by atoms with Gasteiger partial charge in [0.2, 0.25) is 11.8 Å². The summed E-state index contributed by atoms with van der Waals surface area (Å²) in [6, 6.07) is -0.402. The van der Waals surface area contributed by atoms with Gasteiger partial charge in [0.15, 0.2) is 0 Å². The number of piperazine rings is 1. The second kappa shape index (κ2) is 6.18. The van der Waals surface area contributed by atoms with E-state index in [0.717, 1.165) is 26.2 Å². The van der Waals surface area contributed by atoms with Crippen molar-refractivity contribution in [2.45, 2.75) is 40.2 Å². The highest BCUT2D eigenvalue weighted by Gasteiger charge is 2.29. The van der Waals surface area contributed by atoms with Crippen LogP contribution in [0, 0.1) is 5.41 Å². The molecule has 0 bridgehead atoms. The lowest BCUT2D eigenvalue weighted by atomic mass is 9.87. The lowest BCUT2D eigenvalue weighted by Gasteiger charge is -2.33. The molecule has 5 heteroatoms. The van der Waals surface area contributed by atoms with Crippen LogP contribution < -0.4 is 10.6 Å². The third kappa shape index (κ3) is 5.04. The van der Waals surface area contributed by atoms with E-state index in [-0.39, 0.29) is 17.2 Å². The third-order valence-corrected chi connectivity index (χ3v) is 2.92. The fraction of sp³-hybridized carbons (Fsp3) is 0.846. The van der Waals surface area contributed by atoms with Crippen molar-refractivity contribution in [1.82, 2.24) is 15.5 Å². The van der Waals surface area contributed by atoms with E-state index in [9.17, 15) is 9.59 Å². The van der Waals surface area contributed by atoms with E-state index >= 15 is 0 Å². The van der Waals surface area contributed by atoms with Crippen LogP contribution in [0.3, 0.4) is 0 Å². The number of rotatable bonds is 3. The molecule has 1 heterocycles. The molecule has 5 nitrogen and oxygen atoms in total. The van der Waals surface area contributed by atoms with E-state index in [1.165, 1.54) is 6.92 Å². The minimum Gasteiger partial charge on any atom is -0.345 e. The molecule has 0 aromatic heterocycles. The first-order valence-corrected chi connectivity index (χ1v) is 6.56. The number of hydrogen-bond acceptors (Lipinski definition) is 3. The summed E-state index contributed by atoms with van der Waals surface area (Å²) >= 11 is 0. The monoisotopic (exact) mass is 255 g/mol. The summed E-state index contributed by atoms with van der Waals surface area (Å²) in [4.78, 5) is 25.5. The number of amides is 2. The Kier molecular flexibility index (Phi) is 5.14. The molecule has 0 spiro atoms. The summed E-state index contributed by atoms with van der Waals surface area (Å²) in [5.41, 5.74) is 0.0107. The average Bonchev–Trinajstić information content (AvgIpc) is 2.26. The quantitative estimate of drug-likeness (QED) is 0.765. The van der Waals surface area contributed by atoms with Crippen LogP contribution in [0.5, 0.6) is 0 Å². The Hall–Kier alpha value is -1.10. The maximum Gasteiger partial charge on any atom is 0.245 e. The van der Waals surface area contributed by atoms with E-state index in [4.69, 9.17) is 0 Å². The molecule has 0 aliphatic carbocycles. The maximum absolute atomic E-state index is 12.4. The minimum atomic E-state index is -0.402. The van der Waals surface area contributed by atoms with Gasteiger partial charge in [-0.05, 0) is 11.8 Å². The standard InChI is InChI=1S/C13H25N3O2/c1-10(17)15-11(9-13(2,3)4)12(18)16-7-5-14-6-8-16/h11,14H,5-9H2,1-4H3,(H,15,17)/t11-/m0/s1. The topological polar surface area (TPSA) is 61.4 Å². The first kappa shape index (κ1) is 15.0. The molecule has 1 saturated heterocycles. The molecular weight excluding hydrogens is 230 g/mol. The van der Waals surface area contributed by atoms with Crippen molar-refractivity contribution in [1.29, 1.82) is 0 Å². The van der Waals surface area contributed by atoms with Crippen molar-refractivity contribution < 1.29 is 9.59 Å². The molecule has 18 heavy (non-hydrogen) atoms. The van der Waals surface area contributed by atoms with Gasteiger partial charge in [0.1, 0.15) is 6.04 Å². The van der Waals surface area contributed by atoms with E-state index in [2.05, 4.69) is 31.4 Å². The Morgan fingerprint density at radius 2 is 1.83 bits per heavy atom. The Bertz CT molecular complexity index is 304. The number of nitrogens with one attached hydrogen (secondary N) is 2. The molecule has 2 N–H and O–H groups in total. The lowest BCUT2D eigenvalue weighted by Crippen LogP contribution is -2.54. The molecule has 1 aliphatic heterocycles. The fourth-order valence-electron chi connectivity index (χ4n) is 2.16. The number of hydrogen-bond donors (Lipinski definition) is 2. The second-order valence-corrected chi connectivity index (χ2v) is 6.09. The maximum atomic E-state index is 12.4. The third-order valence-electron chi connectivity index (χ3n) is 2.92. The van der Waals surface area contributed by atoms with Gasteiger partial charge in [-0.3, -0.25) is 9.59 Å². The highest BCUT2D eigenvalue weighted by Crippen LogP contribution is 2.21. The molecule has 0 aromatic rings. The van der Waals surface area contributed by atoms with Gasteiger partial charge in [-0.1, -0.05) is 20.8 Å². The SMILES string of the molecule is CC(=O)N[C@@H](CC(C)(C)C)C(=O)N1CCNCC1. The Morgan fingerprint density at radius 3 is 2.28 bits per heavy atom. The van der Waals surface area contributed by atoms with Crippen LogP contribution in [0.1, 0.15) is 34.1 Å². The Labute approximate surface area is 109 Å². The average molecular weight is 255 g/mol. The lowest BCUT2D eigenvalue weighted by molar-refractivity contribution is -0.137. The minimum absolute atomic E-state index is 0.0107. The molecular formula is C13H25N3O2. The van der Waals surface area contributed by atoms with Crippen molar-refractivity contribution in [3.8, 4) is 0 Å². The predicted molar refractivity (Wildman–Crippen MR) is 71.1 cm³/mol. The van der Waals surface area contributed by atoms with Crippen LogP contribution in [0.25, 0.3) is 0 Å². The number of carbonyl (C=O) groups excluding carboxylic acids is 2. The zero-order chi connectivity index (χ0) is 13.8. The summed E-state index contributed by atoms with van der Waals surface area (Å²) in [6.45, 7) is 10.8. The van der Waals surface area contributed by atoms with Gasteiger partial charge in [0.05, 0.1) is 0 Å². The van der Waals surface area contributed by atoms with Crippen LogP contribution in [-0.2, 0) is 9.59 Å². The van der Waals surface area contributed by atoms with Gasteiger partial charge in [0, 0.05) is 33.1 Å². The predicted octanol–water partition coefficient (Wildman–Crippen LogP) is 0.359. The van der Waals surface area contributed by atoms with Gasteiger partial charge in [-0.15, -0.1) is 0 Å². The summed E-state index contributed by atoms with van der Waals surface area (Å²) in [7, 11) is 0. The molecule has 1 fully saturated rings. The normalized spacial score (nSPS) is 18.3. The largest absolute Gasteiger partial charge is 0.345 e. The van der Waals surface area contributed by atoms with E-state index < -0.39 is 6.04 Å². The molecule has 0 aromatic carbocycles. The second-order valence-electron chi connectivity index (χ2n) is 6.09. The zero-order valence-electron chi connectivity index (χ0n) is 11.9. The van der Waals surface area contributed by atoms with Crippen LogP contribution in [0.4, 0.5) is 0 Å². The molecule has 1 aliphatic rings. The highest BCUT2D eigenvalue weighted by atomic mass is 16.2. The first-order chi connectivity index (χ1) is 8.29. The van der Waals surface area contributed by atoms with Gasteiger partial charge in [0.25, 0.3) is 0 Å². The van der Waals surface area contributed by atoms with Crippen LogP contribution >= 0.6 is 0 Å². The van der Waals surface area contributed by atoms with Crippen LogP contribution in [0.15, 0.2) is 0 Å². The molecule has 0 saturated carbocycles. The van der Waals surface area contributed by atoms with E-state index in [1.54, 1.807) is 0 Å². The van der Waals surface area contributed by atoms with Gasteiger partial charge in [-0.25, -0.2) is 0 Å². The fourth-order valence-corrected chi connectivity index (χ4v) is 2.16. The van der Waals surface area contributed by atoms with E-state index in [1.807, 2.05) is 4.90 Å². The molecule has 104 valence electrons. The molecule has 1 rings (SSSR count). The molecule has 2 amide bonds. The summed E-state index contributed by atoms with van der Waals surface area (Å²) < 4.78 is 0. The molecule has 1 atom stereocenters. The van der Waals surface area contributed by atoms with Crippen molar-refractivity contribution >= 4 is 11.8 Å².